The van der Waals surface area contributed by atoms with Crippen LogP contribution >= 0.6 is 0 Å². The third-order valence-electron chi connectivity index (χ3n) is 5.44. The van der Waals surface area contributed by atoms with Crippen molar-refractivity contribution in [1.82, 2.24) is 9.38 Å². The van der Waals surface area contributed by atoms with Crippen molar-refractivity contribution in [3.8, 4) is 0 Å². The van der Waals surface area contributed by atoms with Crippen molar-refractivity contribution in [1.29, 1.82) is 0 Å². The Kier molecular flexibility index (Phi) is 3.53. The number of carbonyl (C=O) groups is 1. The zero-order valence-corrected chi connectivity index (χ0v) is 15.1. The van der Waals surface area contributed by atoms with Crippen molar-refractivity contribution in [2.24, 2.45) is 0 Å². The number of nitrogens with zero attached hydrogens (tertiary/aromatic N) is 4. The molecule has 0 atom stereocenters. The molecule has 1 aliphatic heterocycles. The molecule has 1 saturated carbocycles. The fourth-order valence-electron chi connectivity index (χ4n) is 3.90. The molecule has 2 aliphatic rings. The summed E-state index contributed by atoms with van der Waals surface area (Å²) in [4.78, 5) is 34.7. The maximum atomic E-state index is 13.3. The van der Waals surface area contributed by atoms with Gasteiger partial charge in [0.2, 0.25) is 0 Å². The maximum absolute atomic E-state index is 13.3. The fourth-order valence-corrected chi connectivity index (χ4v) is 3.90. The number of aryl methyl sites for hydroxylation is 1. The first-order valence-corrected chi connectivity index (χ1v) is 9.29. The summed E-state index contributed by atoms with van der Waals surface area (Å²) in [5.74, 6) is -0.286. The van der Waals surface area contributed by atoms with Gasteiger partial charge in [0.25, 0.3) is 11.5 Å². The molecule has 6 heteroatoms. The number of fused-ring (bicyclic) bond motifs is 2. The molecule has 0 unspecified atom stereocenters. The van der Waals surface area contributed by atoms with Gasteiger partial charge in [0.1, 0.15) is 11.2 Å². The standard InChI is InChI=1S/C21H20N4O2/c1-14-5-4-10-25-19(14)22-13-16(21(25)27)20(26)24-12-11-23(15-8-9-15)17-6-2-3-7-18(17)24/h2-7,10,13,15H,8-9,11-12H2,1H3. The second-order valence-electron chi connectivity index (χ2n) is 7.23. The first-order chi connectivity index (χ1) is 13.1. The van der Waals surface area contributed by atoms with Gasteiger partial charge in [-0.1, -0.05) is 18.2 Å². The van der Waals surface area contributed by atoms with E-state index in [0.717, 1.165) is 23.5 Å². The predicted octanol–water partition coefficient (Wildman–Crippen LogP) is 2.63. The van der Waals surface area contributed by atoms with E-state index in [1.807, 2.05) is 31.2 Å². The maximum Gasteiger partial charge on any atom is 0.270 e. The summed E-state index contributed by atoms with van der Waals surface area (Å²) in [7, 11) is 0. The summed E-state index contributed by atoms with van der Waals surface area (Å²) in [6.45, 7) is 3.26. The Morgan fingerprint density at radius 1 is 1.07 bits per heavy atom. The number of aromatic nitrogens is 2. The molecule has 0 bridgehead atoms. The minimum Gasteiger partial charge on any atom is -0.365 e. The first kappa shape index (κ1) is 16.1. The van der Waals surface area contributed by atoms with Crippen LogP contribution in [-0.4, -0.2) is 34.4 Å². The van der Waals surface area contributed by atoms with Crippen LogP contribution in [0.1, 0.15) is 28.8 Å². The van der Waals surface area contributed by atoms with Crippen LogP contribution in [0.3, 0.4) is 0 Å². The number of anilines is 2. The highest BCUT2D eigenvalue weighted by molar-refractivity contribution is 6.08. The molecule has 1 amide bonds. The van der Waals surface area contributed by atoms with Crippen LogP contribution in [0.4, 0.5) is 11.4 Å². The van der Waals surface area contributed by atoms with Crippen molar-refractivity contribution >= 4 is 22.9 Å². The molecule has 3 aromatic rings. The van der Waals surface area contributed by atoms with Gasteiger partial charge in [0, 0.05) is 31.5 Å². The quantitative estimate of drug-likeness (QED) is 0.705. The van der Waals surface area contributed by atoms with E-state index >= 15 is 0 Å². The van der Waals surface area contributed by atoms with Gasteiger partial charge in [-0.15, -0.1) is 0 Å². The molecule has 0 radical (unpaired) electrons. The first-order valence-electron chi connectivity index (χ1n) is 9.29. The molecule has 136 valence electrons. The molecule has 3 heterocycles. The van der Waals surface area contributed by atoms with E-state index in [0.29, 0.717) is 18.2 Å². The second kappa shape index (κ2) is 5.94. The average Bonchev–Trinajstić information content (AvgIpc) is 3.53. The minimum atomic E-state index is -0.323. The highest BCUT2D eigenvalue weighted by Gasteiger charge is 2.36. The molecule has 27 heavy (non-hydrogen) atoms. The monoisotopic (exact) mass is 360 g/mol. The van der Waals surface area contributed by atoms with Gasteiger partial charge in [-0.3, -0.25) is 14.0 Å². The summed E-state index contributed by atoms with van der Waals surface area (Å²) < 4.78 is 1.45. The van der Waals surface area contributed by atoms with Crippen LogP contribution in [0.5, 0.6) is 0 Å². The Balaban J connectivity index is 1.58. The lowest BCUT2D eigenvalue weighted by Crippen LogP contribution is -2.46. The molecule has 0 N–H and O–H groups in total. The van der Waals surface area contributed by atoms with E-state index in [4.69, 9.17) is 0 Å². The Hall–Kier alpha value is -3.15. The van der Waals surface area contributed by atoms with Gasteiger partial charge in [-0.2, -0.15) is 0 Å². The minimum absolute atomic E-state index is 0.104. The van der Waals surface area contributed by atoms with Gasteiger partial charge in [0.05, 0.1) is 11.4 Å². The molecule has 1 fully saturated rings. The summed E-state index contributed by atoms with van der Waals surface area (Å²) in [5, 5.41) is 0. The SMILES string of the molecule is Cc1cccn2c(=O)c(C(=O)N3CCN(C4CC4)c4ccccc43)cnc12. The summed E-state index contributed by atoms with van der Waals surface area (Å²) in [6.07, 6.45) is 5.49. The Bertz CT molecular complexity index is 1120. The lowest BCUT2D eigenvalue weighted by Gasteiger charge is -2.37. The number of carbonyl (C=O) groups excluding carboxylic acids is 1. The number of hydrogen-bond acceptors (Lipinski definition) is 4. The third-order valence-corrected chi connectivity index (χ3v) is 5.44. The number of hydrogen-bond donors (Lipinski definition) is 0. The Labute approximate surface area is 156 Å². The largest absolute Gasteiger partial charge is 0.365 e. The predicted molar refractivity (Wildman–Crippen MR) is 105 cm³/mol. The Morgan fingerprint density at radius 3 is 2.63 bits per heavy atom. The second-order valence-corrected chi connectivity index (χ2v) is 7.23. The molecule has 0 saturated heterocycles. The van der Waals surface area contributed by atoms with Crippen LogP contribution in [0, 0.1) is 6.92 Å². The van der Waals surface area contributed by atoms with E-state index in [-0.39, 0.29) is 17.0 Å². The highest BCUT2D eigenvalue weighted by Crippen LogP contribution is 2.40. The normalized spacial score (nSPS) is 16.5. The summed E-state index contributed by atoms with van der Waals surface area (Å²) in [6, 6.07) is 12.2. The smallest absolute Gasteiger partial charge is 0.270 e. The van der Waals surface area contributed by atoms with Crippen LogP contribution in [0.25, 0.3) is 5.65 Å². The van der Waals surface area contributed by atoms with Crippen molar-refractivity contribution in [3.63, 3.8) is 0 Å². The highest BCUT2D eigenvalue weighted by atomic mass is 16.2. The van der Waals surface area contributed by atoms with E-state index in [1.54, 1.807) is 17.2 Å². The topological polar surface area (TPSA) is 57.9 Å². The van der Waals surface area contributed by atoms with Crippen molar-refractivity contribution in [2.75, 3.05) is 22.9 Å². The van der Waals surface area contributed by atoms with E-state index in [1.165, 1.54) is 23.4 Å². The molecule has 1 aliphatic carbocycles. The van der Waals surface area contributed by atoms with Crippen LogP contribution < -0.4 is 15.4 Å². The van der Waals surface area contributed by atoms with Crippen molar-refractivity contribution < 1.29 is 4.79 Å². The molecule has 6 nitrogen and oxygen atoms in total. The van der Waals surface area contributed by atoms with Gasteiger partial charge >= 0.3 is 0 Å². The number of para-hydroxylation sites is 2. The fraction of sp³-hybridized carbons (Fsp3) is 0.286. The zero-order valence-electron chi connectivity index (χ0n) is 15.1. The zero-order chi connectivity index (χ0) is 18.5. The molecule has 5 rings (SSSR count). The summed E-state index contributed by atoms with van der Waals surface area (Å²) in [5.41, 5.74) is 3.21. The molecule has 1 aromatic carbocycles. The Morgan fingerprint density at radius 2 is 1.85 bits per heavy atom. The summed E-state index contributed by atoms with van der Waals surface area (Å²) >= 11 is 0. The van der Waals surface area contributed by atoms with Gasteiger partial charge in [-0.05, 0) is 43.5 Å². The van der Waals surface area contributed by atoms with E-state index in [9.17, 15) is 9.59 Å². The van der Waals surface area contributed by atoms with Crippen LogP contribution in [-0.2, 0) is 0 Å². The van der Waals surface area contributed by atoms with Gasteiger partial charge in [0.15, 0.2) is 0 Å². The number of benzene rings is 1. The molecule has 0 spiro atoms. The number of rotatable bonds is 2. The lowest BCUT2D eigenvalue weighted by atomic mass is 10.1. The van der Waals surface area contributed by atoms with Crippen molar-refractivity contribution in [2.45, 2.75) is 25.8 Å². The lowest BCUT2D eigenvalue weighted by molar-refractivity contribution is 0.0984. The van der Waals surface area contributed by atoms with Crippen LogP contribution in [0.2, 0.25) is 0 Å². The van der Waals surface area contributed by atoms with Gasteiger partial charge in [-0.25, -0.2) is 4.98 Å². The number of amides is 1. The van der Waals surface area contributed by atoms with Crippen LogP contribution in [0.15, 0.2) is 53.6 Å². The average molecular weight is 360 g/mol. The van der Waals surface area contributed by atoms with E-state index in [2.05, 4.69) is 16.0 Å². The molecular weight excluding hydrogens is 340 g/mol. The molecular formula is C21H20N4O2. The third kappa shape index (κ3) is 2.51. The molecule has 2 aromatic heterocycles. The van der Waals surface area contributed by atoms with E-state index < -0.39 is 0 Å². The van der Waals surface area contributed by atoms with Crippen molar-refractivity contribution in [3.05, 3.63) is 70.3 Å². The number of pyridine rings is 1. The van der Waals surface area contributed by atoms with Gasteiger partial charge < -0.3 is 9.80 Å².